The first-order chi connectivity index (χ1) is 1.73. The minimum atomic E-state index is 0. The first-order valence-corrected chi connectivity index (χ1v) is 1.81. The Labute approximate surface area is 54.0 Å². The summed E-state index contributed by atoms with van der Waals surface area (Å²) in [6, 6.07) is 0. The second-order valence-corrected chi connectivity index (χ2v) is 1.89. The molecule has 0 aliphatic rings. The van der Waals surface area contributed by atoms with Crippen LogP contribution >= 0.6 is 11.6 Å². The molecule has 1 radical (unpaired) electrons. The summed E-state index contributed by atoms with van der Waals surface area (Å²) in [6.45, 7) is 3.86. The van der Waals surface area contributed by atoms with Gasteiger partial charge >= 0.3 is 23.1 Å². The summed E-state index contributed by atoms with van der Waals surface area (Å²) in [5, 5.41) is 0.306. The summed E-state index contributed by atoms with van der Waals surface area (Å²) < 4.78 is 0. The van der Waals surface area contributed by atoms with Crippen LogP contribution in [0.25, 0.3) is 0 Å². The summed E-state index contributed by atoms with van der Waals surface area (Å²) in [5.41, 5.74) is 0. The molecular formula is C3H7ClMg+. The van der Waals surface area contributed by atoms with Crippen molar-refractivity contribution < 1.29 is 0 Å². The maximum absolute atomic E-state index is 5.27. The van der Waals surface area contributed by atoms with E-state index in [9.17, 15) is 0 Å². The number of hydrogen-bond donors (Lipinski definition) is 0. The standard InChI is InChI=1S/C3H7Cl.Mg/c1-3(2)4;/h3H,1-2H3;/q;+1. The molecule has 5 heavy (non-hydrogen) atoms. The van der Waals surface area contributed by atoms with E-state index in [-0.39, 0.29) is 23.1 Å². The second-order valence-electron chi connectivity index (χ2n) is 1.01. The molecule has 0 aliphatic carbocycles. The van der Waals surface area contributed by atoms with Crippen molar-refractivity contribution in [1.29, 1.82) is 0 Å². The molecule has 0 aliphatic heterocycles. The Morgan fingerprint density at radius 2 is 1.40 bits per heavy atom. The molecule has 0 unspecified atom stereocenters. The zero-order valence-corrected chi connectivity index (χ0v) is 5.83. The average Bonchev–Trinajstić information content (AvgIpc) is 0.811. The zero-order valence-electron chi connectivity index (χ0n) is 3.66. The molecule has 0 aromatic rings. The zero-order chi connectivity index (χ0) is 3.58. The van der Waals surface area contributed by atoms with Gasteiger partial charge in [0.25, 0.3) is 0 Å². The fraction of sp³-hybridized carbons (Fsp3) is 1.00. The van der Waals surface area contributed by atoms with Crippen molar-refractivity contribution in [2.75, 3.05) is 0 Å². The van der Waals surface area contributed by atoms with Crippen LogP contribution in [0, 0.1) is 0 Å². The molecule has 2 heteroatoms. The predicted octanol–water partition coefficient (Wildman–Crippen LogP) is 1.25. The molecule has 0 amide bonds. The van der Waals surface area contributed by atoms with Gasteiger partial charge in [-0.15, -0.1) is 11.6 Å². The third-order valence-electron chi connectivity index (χ3n) is 0. The van der Waals surface area contributed by atoms with Gasteiger partial charge in [-0.05, 0) is 13.8 Å². The van der Waals surface area contributed by atoms with Crippen LogP contribution in [-0.2, 0) is 0 Å². The van der Waals surface area contributed by atoms with E-state index in [1.54, 1.807) is 0 Å². The van der Waals surface area contributed by atoms with Crippen molar-refractivity contribution in [1.82, 2.24) is 0 Å². The van der Waals surface area contributed by atoms with Crippen LogP contribution in [0.4, 0.5) is 0 Å². The van der Waals surface area contributed by atoms with Gasteiger partial charge in [-0.3, -0.25) is 0 Å². The van der Waals surface area contributed by atoms with Gasteiger partial charge in [0.15, 0.2) is 0 Å². The molecule has 0 rings (SSSR count). The van der Waals surface area contributed by atoms with Gasteiger partial charge in [-0.25, -0.2) is 0 Å². The minimum absolute atomic E-state index is 0. The molecule has 0 aromatic carbocycles. The van der Waals surface area contributed by atoms with Gasteiger partial charge in [-0.1, -0.05) is 0 Å². The van der Waals surface area contributed by atoms with Crippen LogP contribution in [-0.4, -0.2) is 28.4 Å². The Morgan fingerprint density at radius 1 is 1.40 bits per heavy atom. The van der Waals surface area contributed by atoms with Crippen molar-refractivity contribution in [2.24, 2.45) is 0 Å². The molecule has 0 heterocycles. The van der Waals surface area contributed by atoms with Crippen LogP contribution in [0.2, 0.25) is 0 Å². The molecule has 0 bridgehead atoms. The van der Waals surface area contributed by atoms with Gasteiger partial charge in [-0.2, -0.15) is 0 Å². The molecule has 0 spiro atoms. The van der Waals surface area contributed by atoms with Gasteiger partial charge in [0, 0.05) is 5.38 Å². The van der Waals surface area contributed by atoms with Crippen LogP contribution in [0.5, 0.6) is 0 Å². The maximum atomic E-state index is 5.27. The summed E-state index contributed by atoms with van der Waals surface area (Å²) in [5.74, 6) is 0. The molecule has 0 N–H and O–H groups in total. The topological polar surface area (TPSA) is 0 Å². The second kappa shape index (κ2) is 5.06. The summed E-state index contributed by atoms with van der Waals surface area (Å²) >= 11 is 5.27. The van der Waals surface area contributed by atoms with Gasteiger partial charge in [0.1, 0.15) is 0 Å². The fourth-order valence-corrected chi connectivity index (χ4v) is 0. The normalized spacial score (nSPS) is 7.20. The maximum Gasteiger partial charge on any atom is 1.00 e. The first-order valence-electron chi connectivity index (χ1n) is 1.37. The smallest absolute Gasteiger partial charge is 0.124 e. The molecular weight excluding hydrogens is 95.8 g/mol. The molecule has 0 atom stereocenters. The Kier molecular flexibility index (Phi) is 9.52. The van der Waals surface area contributed by atoms with E-state index in [1.165, 1.54) is 0 Å². The van der Waals surface area contributed by atoms with Gasteiger partial charge < -0.3 is 0 Å². The average molecular weight is 103 g/mol. The summed E-state index contributed by atoms with van der Waals surface area (Å²) in [4.78, 5) is 0. The van der Waals surface area contributed by atoms with Crippen molar-refractivity contribution in [3.05, 3.63) is 0 Å². The number of rotatable bonds is 0. The third-order valence-corrected chi connectivity index (χ3v) is 0. The number of hydrogen-bond acceptors (Lipinski definition) is 0. The molecule has 27 valence electrons. The van der Waals surface area contributed by atoms with Crippen molar-refractivity contribution in [2.45, 2.75) is 19.2 Å². The van der Waals surface area contributed by atoms with Gasteiger partial charge in [0.2, 0.25) is 0 Å². The predicted molar refractivity (Wildman–Crippen MR) is 26.7 cm³/mol. The van der Waals surface area contributed by atoms with Crippen LogP contribution in [0.15, 0.2) is 0 Å². The van der Waals surface area contributed by atoms with Crippen molar-refractivity contribution in [3.63, 3.8) is 0 Å². The monoisotopic (exact) mass is 102 g/mol. The Morgan fingerprint density at radius 3 is 1.40 bits per heavy atom. The summed E-state index contributed by atoms with van der Waals surface area (Å²) in [6.07, 6.45) is 0. The molecule has 0 saturated heterocycles. The Balaban J connectivity index is 0. The van der Waals surface area contributed by atoms with E-state index < -0.39 is 0 Å². The Hall–Kier alpha value is 1.06. The molecule has 0 nitrogen and oxygen atoms in total. The SMILES string of the molecule is CC(C)Cl.[Mg+]. The minimum Gasteiger partial charge on any atom is -0.124 e. The van der Waals surface area contributed by atoms with Crippen molar-refractivity contribution in [3.8, 4) is 0 Å². The van der Waals surface area contributed by atoms with E-state index in [4.69, 9.17) is 11.6 Å². The third kappa shape index (κ3) is 42.3. The molecule has 0 saturated carbocycles. The molecule has 0 aromatic heterocycles. The van der Waals surface area contributed by atoms with E-state index in [2.05, 4.69) is 0 Å². The first kappa shape index (κ1) is 9.41. The largest absolute Gasteiger partial charge is 1.00 e. The Bertz CT molecular complexity index is 11.6. The fourth-order valence-electron chi connectivity index (χ4n) is 0. The van der Waals surface area contributed by atoms with Crippen molar-refractivity contribution >= 4 is 34.7 Å². The van der Waals surface area contributed by atoms with E-state index in [1.807, 2.05) is 13.8 Å². The molecule has 0 fully saturated rings. The number of halogens is 1. The van der Waals surface area contributed by atoms with Gasteiger partial charge in [0.05, 0.1) is 0 Å². The van der Waals surface area contributed by atoms with Crippen LogP contribution in [0.3, 0.4) is 0 Å². The van der Waals surface area contributed by atoms with E-state index >= 15 is 0 Å². The quantitative estimate of drug-likeness (QED) is 0.319. The summed E-state index contributed by atoms with van der Waals surface area (Å²) in [7, 11) is 0. The van der Waals surface area contributed by atoms with Crippen LogP contribution < -0.4 is 0 Å². The number of alkyl halides is 1. The van der Waals surface area contributed by atoms with Crippen LogP contribution in [0.1, 0.15) is 13.8 Å². The van der Waals surface area contributed by atoms with E-state index in [0.717, 1.165) is 0 Å². The van der Waals surface area contributed by atoms with E-state index in [0.29, 0.717) is 5.38 Å².